The van der Waals surface area contributed by atoms with Crippen LogP contribution in [-0.4, -0.2) is 37.0 Å². The molecule has 0 atom stereocenters. The van der Waals surface area contributed by atoms with Gasteiger partial charge in [0, 0.05) is 12.6 Å². The van der Waals surface area contributed by atoms with Crippen LogP contribution in [0.3, 0.4) is 0 Å². The van der Waals surface area contributed by atoms with Gasteiger partial charge in [-0.2, -0.15) is 0 Å². The summed E-state index contributed by atoms with van der Waals surface area (Å²) in [5.74, 6) is -1.48. The van der Waals surface area contributed by atoms with Crippen molar-refractivity contribution in [3.05, 3.63) is 26.8 Å². The molecule has 1 fully saturated rings. The van der Waals surface area contributed by atoms with Crippen LogP contribution in [0.5, 0.6) is 0 Å². The number of nitrogens with one attached hydrogen (secondary N) is 2. The van der Waals surface area contributed by atoms with Crippen molar-refractivity contribution < 1.29 is 23.2 Å². The second-order valence-corrected chi connectivity index (χ2v) is 8.12. The summed E-state index contributed by atoms with van der Waals surface area (Å²) in [4.78, 5) is 21.8. The molecule has 1 aliphatic carbocycles. The highest BCUT2D eigenvalue weighted by atomic mass is 35.5. The van der Waals surface area contributed by atoms with Gasteiger partial charge in [0.25, 0.3) is 0 Å². The van der Waals surface area contributed by atoms with E-state index in [1.807, 2.05) is 0 Å². The number of nitro benzene ring substituents is 1. The number of benzene rings is 1. The Labute approximate surface area is 155 Å². The maximum atomic E-state index is 12.3. The van der Waals surface area contributed by atoms with Gasteiger partial charge in [0.2, 0.25) is 10.0 Å². The first kappa shape index (κ1) is 20.4. The van der Waals surface area contributed by atoms with Crippen LogP contribution in [0.15, 0.2) is 11.0 Å². The van der Waals surface area contributed by atoms with E-state index in [0.29, 0.717) is 0 Å². The monoisotopic (exact) mass is 405 g/mol. The van der Waals surface area contributed by atoms with Crippen molar-refractivity contribution in [2.45, 2.75) is 50.0 Å². The Balaban J connectivity index is 2.67. The van der Waals surface area contributed by atoms with Crippen molar-refractivity contribution in [1.29, 1.82) is 0 Å². The van der Waals surface area contributed by atoms with Gasteiger partial charge >= 0.3 is 11.7 Å². The predicted molar refractivity (Wildman–Crippen MR) is 96.4 cm³/mol. The lowest BCUT2D eigenvalue weighted by Crippen LogP contribution is -2.26. The van der Waals surface area contributed by atoms with E-state index in [4.69, 9.17) is 11.6 Å². The molecule has 1 aromatic rings. The lowest BCUT2D eigenvalue weighted by Gasteiger charge is -2.25. The molecule has 1 aromatic carbocycles. The van der Waals surface area contributed by atoms with Gasteiger partial charge in [-0.05, 0) is 18.9 Å². The zero-order valence-electron chi connectivity index (χ0n) is 14.1. The Morgan fingerprint density at radius 2 is 2.00 bits per heavy atom. The lowest BCUT2D eigenvalue weighted by atomic mass is 9.95. The molecule has 26 heavy (non-hydrogen) atoms. The minimum Gasteiger partial charge on any atom is -0.478 e. The van der Waals surface area contributed by atoms with Crippen LogP contribution >= 0.6 is 11.6 Å². The molecule has 0 aliphatic heterocycles. The van der Waals surface area contributed by atoms with Crippen LogP contribution in [0.4, 0.5) is 11.4 Å². The molecule has 9 nitrogen and oxygen atoms in total. The fourth-order valence-electron chi connectivity index (χ4n) is 3.02. The van der Waals surface area contributed by atoms with Gasteiger partial charge < -0.3 is 10.4 Å². The number of carboxylic acids is 1. The Kier molecular flexibility index (Phi) is 6.43. The minimum atomic E-state index is -4.18. The number of nitro groups is 1. The van der Waals surface area contributed by atoms with Crippen LogP contribution in [-0.2, 0) is 10.0 Å². The number of sulfonamides is 1. The third kappa shape index (κ3) is 4.25. The van der Waals surface area contributed by atoms with Crippen molar-refractivity contribution in [2.24, 2.45) is 0 Å². The second kappa shape index (κ2) is 8.19. The summed E-state index contributed by atoms with van der Waals surface area (Å²) in [5.41, 5.74) is -1.49. The Morgan fingerprint density at radius 1 is 1.38 bits per heavy atom. The van der Waals surface area contributed by atoms with Gasteiger partial charge in [-0.1, -0.05) is 37.8 Å². The highest BCUT2D eigenvalue weighted by Gasteiger charge is 2.34. The summed E-state index contributed by atoms with van der Waals surface area (Å²) in [6, 6.07) is 0.730. The van der Waals surface area contributed by atoms with Crippen LogP contribution in [0.1, 0.15) is 49.4 Å². The van der Waals surface area contributed by atoms with Crippen LogP contribution in [0, 0.1) is 10.1 Å². The lowest BCUT2D eigenvalue weighted by molar-refractivity contribution is -0.384. The Bertz CT molecular complexity index is 821. The smallest absolute Gasteiger partial charge is 0.338 e. The van der Waals surface area contributed by atoms with Crippen molar-refractivity contribution in [3.8, 4) is 0 Å². The van der Waals surface area contributed by atoms with E-state index in [9.17, 15) is 28.4 Å². The van der Waals surface area contributed by atoms with Gasteiger partial charge in [-0.25, -0.2) is 17.9 Å². The molecule has 0 spiro atoms. The molecule has 0 unspecified atom stereocenters. The van der Waals surface area contributed by atoms with Gasteiger partial charge in [0.1, 0.15) is 15.6 Å². The molecule has 0 radical (unpaired) electrons. The number of hydrogen-bond donors (Lipinski definition) is 3. The van der Waals surface area contributed by atoms with E-state index >= 15 is 0 Å². The van der Waals surface area contributed by atoms with Crippen molar-refractivity contribution >= 4 is 39.0 Å². The zero-order chi connectivity index (χ0) is 19.5. The third-order valence-corrected chi connectivity index (χ3v) is 6.26. The summed E-state index contributed by atoms with van der Waals surface area (Å²) in [6.07, 6.45) is 4.38. The number of rotatable bonds is 7. The average Bonchev–Trinajstić information content (AvgIpc) is 2.55. The molecule has 1 aliphatic rings. The second-order valence-electron chi connectivity index (χ2n) is 6.00. The molecular weight excluding hydrogens is 386 g/mol. The fraction of sp³-hybridized carbons (Fsp3) is 0.533. The zero-order valence-corrected chi connectivity index (χ0v) is 15.7. The first-order valence-corrected chi connectivity index (χ1v) is 10.1. The molecule has 0 saturated heterocycles. The van der Waals surface area contributed by atoms with Gasteiger partial charge in [0.05, 0.1) is 10.5 Å². The van der Waals surface area contributed by atoms with E-state index in [1.54, 1.807) is 0 Å². The van der Waals surface area contributed by atoms with Crippen molar-refractivity contribution in [2.75, 3.05) is 11.9 Å². The number of anilines is 1. The molecule has 0 amide bonds. The van der Waals surface area contributed by atoms with Gasteiger partial charge in [-0.15, -0.1) is 0 Å². The maximum absolute atomic E-state index is 12.3. The molecule has 0 heterocycles. The topological polar surface area (TPSA) is 139 Å². The number of nitrogens with zero attached hydrogens (tertiary/aromatic N) is 1. The van der Waals surface area contributed by atoms with E-state index in [-0.39, 0.29) is 18.3 Å². The largest absolute Gasteiger partial charge is 0.478 e. The molecule has 2 rings (SSSR count). The standard InChI is InChI=1S/C15H20ClN3O6S/c1-2-17-26(24,25)11-8-10(15(20)21)13(14(12(11)16)19(22)23)18-9-6-4-3-5-7-9/h8-9,17-18H,2-7H2,1H3,(H,20,21). The summed E-state index contributed by atoms with van der Waals surface area (Å²) in [7, 11) is -4.18. The first-order chi connectivity index (χ1) is 12.2. The third-order valence-electron chi connectivity index (χ3n) is 4.20. The summed E-state index contributed by atoms with van der Waals surface area (Å²) in [5, 5.41) is 23.4. The fourth-order valence-corrected chi connectivity index (χ4v) is 4.69. The first-order valence-electron chi connectivity index (χ1n) is 8.19. The summed E-state index contributed by atoms with van der Waals surface area (Å²) in [6.45, 7) is 1.55. The SMILES string of the molecule is CCNS(=O)(=O)c1cc(C(=O)O)c(NC2CCCCC2)c([N+](=O)[O-])c1Cl. The van der Waals surface area contributed by atoms with E-state index in [2.05, 4.69) is 10.0 Å². The van der Waals surface area contributed by atoms with Crippen molar-refractivity contribution in [3.63, 3.8) is 0 Å². The quantitative estimate of drug-likeness (QED) is 0.468. The molecule has 144 valence electrons. The number of aromatic carboxylic acids is 1. The normalized spacial score (nSPS) is 15.6. The highest BCUT2D eigenvalue weighted by molar-refractivity contribution is 7.89. The molecule has 3 N–H and O–H groups in total. The molecule has 11 heteroatoms. The van der Waals surface area contributed by atoms with E-state index in [0.717, 1.165) is 38.2 Å². The van der Waals surface area contributed by atoms with E-state index in [1.165, 1.54) is 6.92 Å². The number of carboxylic acid groups (broad SMARTS) is 1. The number of carbonyl (C=O) groups is 1. The predicted octanol–water partition coefficient (Wildman–Crippen LogP) is 2.99. The summed E-state index contributed by atoms with van der Waals surface area (Å²) < 4.78 is 26.7. The summed E-state index contributed by atoms with van der Waals surface area (Å²) >= 11 is 6.03. The average molecular weight is 406 g/mol. The minimum absolute atomic E-state index is 0.0247. The van der Waals surface area contributed by atoms with Gasteiger partial charge in [0.15, 0.2) is 0 Å². The Hall–Kier alpha value is -1.91. The Morgan fingerprint density at radius 3 is 2.50 bits per heavy atom. The van der Waals surface area contributed by atoms with Gasteiger partial charge in [-0.3, -0.25) is 10.1 Å². The van der Waals surface area contributed by atoms with Crippen LogP contribution in [0.25, 0.3) is 0 Å². The van der Waals surface area contributed by atoms with Crippen molar-refractivity contribution in [1.82, 2.24) is 4.72 Å². The molecular formula is C15H20ClN3O6S. The highest BCUT2D eigenvalue weighted by Crippen LogP contribution is 2.41. The number of halogens is 1. The van der Waals surface area contributed by atoms with Crippen LogP contribution < -0.4 is 10.0 Å². The maximum Gasteiger partial charge on any atom is 0.338 e. The molecule has 0 bridgehead atoms. The van der Waals surface area contributed by atoms with Crippen LogP contribution in [0.2, 0.25) is 5.02 Å². The molecule has 1 saturated carbocycles. The van der Waals surface area contributed by atoms with E-state index < -0.39 is 42.1 Å². The number of hydrogen-bond acceptors (Lipinski definition) is 6. The molecule has 0 aromatic heterocycles.